The molecule has 6 heteroatoms. The molecule has 0 bridgehead atoms. The topological polar surface area (TPSA) is 79.5 Å². The van der Waals surface area contributed by atoms with Crippen LogP contribution in [0.5, 0.6) is 5.75 Å². The van der Waals surface area contributed by atoms with Gasteiger partial charge in [-0.1, -0.05) is 19.4 Å². The molecular formula is C20H25N3O3. The summed E-state index contributed by atoms with van der Waals surface area (Å²) in [5, 5.41) is 8.58. The highest BCUT2D eigenvalue weighted by molar-refractivity contribution is 5.94. The molecule has 0 unspecified atom stereocenters. The number of unbranched alkanes of at least 4 members (excludes halogenated alkanes) is 1. The molecule has 0 atom stereocenters. The van der Waals surface area contributed by atoms with Crippen molar-refractivity contribution in [3.05, 3.63) is 48.5 Å². The number of benzene rings is 2. The van der Waals surface area contributed by atoms with Crippen LogP contribution in [-0.4, -0.2) is 25.0 Å². The predicted octanol–water partition coefficient (Wildman–Crippen LogP) is 3.87. The van der Waals surface area contributed by atoms with Gasteiger partial charge in [0.15, 0.2) is 0 Å². The molecule has 0 saturated carbocycles. The zero-order valence-electron chi connectivity index (χ0n) is 15.2. The van der Waals surface area contributed by atoms with Gasteiger partial charge in [0.1, 0.15) is 5.75 Å². The van der Waals surface area contributed by atoms with Crippen LogP contribution in [0.4, 0.5) is 17.1 Å². The van der Waals surface area contributed by atoms with Crippen LogP contribution in [0.25, 0.3) is 0 Å². The lowest BCUT2D eigenvalue weighted by molar-refractivity contribution is -0.115. The van der Waals surface area contributed by atoms with Crippen molar-refractivity contribution in [2.24, 2.45) is 0 Å². The van der Waals surface area contributed by atoms with Crippen LogP contribution in [0.3, 0.4) is 0 Å². The van der Waals surface area contributed by atoms with Crippen LogP contribution in [-0.2, 0) is 9.59 Å². The molecule has 0 fully saturated rings. The number of carbonyl (C=O) groups excluding carboxylic acids is 2. The summed E-state index contributed by atoms with van der Waals surface area (Å²) in [6, 6.07) is 14.5. The molecule has 0 radical (unpaired) electrons. The quantitative estimate of drug-likeness (QED) is 0.597. The fourth-order valence-electron chi connectivity index (χ4n) is 2.26. The van der Waals surface area contributed by atoms with Gasteiger partial charge in [0.2, 0.25) is 11.8 Å². The fraction of sp³-hybridized carbons (Fsp3) is 0.300. The number of hydrogen-bond donors (Lipinski definition) is 3. The molecule has 3 N–H and O–H groups in total. The third-order valence-electron chi connectivity index (χ3n) is 3.54. The molecule has 6 nitrogen and oxygen atoms in total. The summed E-state index contributed by atoms with van der Waals surface area (Å²) < 4.78 is 5.64. The monoisotopic (exact) mass is 355 g/mol. The molecule has 2 aromatic carbocycles. The normalized spacial score (nSPS) is 10.1. The lowest BCUT2D eigenvalue weighted by atomic mass is 10.2. The average molecular weight is 355 g/mol. The number of hydrogen-bond acceptors (Lipinski definition) is 4. The molecule has 0 aliphatic rings. The van der Waals surface area contributed by atoms with Crippen molar-refractivity contribution in [1.29, 1.82) is 0 Å². The summed E-state index contributed by atoms with van der Waals surface area (Å²) in [6.07, 6.45) is 2.08. The molecule has 0 aliphatic carbocycles. The number of rotatable bonds is 9. The van der Waals surface area contributed by atoms with Gasteiger partial charge < -0.3 is 20.7 Å². The molecular weight excluding hydrogens is 330 g/mol. The molecule has 26 heavy (non-hydrogen) atoms. The smallest absolute Gasteiger partial charge is 0.243 e. The highest BCUT2D eigenvalue weighted by atomic mass is 16.5. The first-order chi connectivity index (χ1) is 12.6. The van der Waals surface area contributed by atoms with E-state index in [1.807, 2.05) is 24.3 Å². The molecule has 138 valence electrons. The van der Waals surface area contributed by atoms with Gasteiger partial charge in [0.05, 0.1) is 13.2 Å². The van der Waals surface area contributed by atoms with Crippen molar-refractivity contribution in [2.75, 3.05) is 29.1 Å². The number of carbonyl (C=O) groups is 2. The number of nitrogens with one attached hydrogen (secondary N) is 3. The largest absolute Gasteiger partial charge is 0.494 e. The molecule has 0 aromatic heterocycles. The zero-order chi connectivity index (χ0) is 18.8. The van der Waals surface area contributed by atoms with Gasteiger partial charge in [-0.05, 0) is 42.8 Å². The summed E-state index contributed by atoms with van der Waals surface area (Å²) in [5.74, 6) is 0.477. The Bertz CT molecular complexity index is 729. The maximum absolute atomic E-state index is 12.1. The minimum atomic E-state index is -0.151. The van der Waals surface area contributed by atoms with E-state index in [9.17, 15) is 9.59 Å². The summed E-state index contributed by atoms with van der Waals surface area (Å²) in [4.78, 5) is 23.1. The molecule has 0 spiro atoms. The second-order valence-corrected chi connectivity index (χ2v) is 5.89. The second-order valence-electron chi connectivity index (χ2n) is 5.89. The summed E-state index contributed by atoms with van der Waals surface area (Å²) in [5.41, 5.74) is 2.21. The molecule has 2 rings (SSSR count). The molecule has 0 aliphatic heterocycles. The first-order valence-corrected chi connectivity index (χ1v) is 8.71. The SMILES string of the molecule is CCCCOc1cccc(NC(=O)CNc2ccc(NC(C)=O)cc2)c1. The van der Waals surface area contributed by atoms with Crippen LogP contribution in [0, 0.1) is 0 Å². The van der Waals surface area contributed by atoms with Crippen LogP contribution >= 0.6 is 0 Å². The van der Waals surface area contributed by atoms with Crippen LogP contribution in [0.1, 0.15) is 26.7 Å². The Hall–Kier alpha value is -3.02. The maximum atomic E-state index is 12.1. The molecule has 0 heterocycles. The van der Waals surface area contributed by atoms with Gasteiger partial charge in [-0.2, -0.15) is 0 Å². The van der Waals surface area contributed by atoms with Gasteiger partial charge in [-0.15, -0.1) is 0 Å². The number of amides is 2. The maximum Gasteiger partial charge on any atom is 0.243 e. The van der Waals surface area contributed by atoms with E-state index in [4.69, 9.17) is 4.74 Å². The van der Waals surface area contributed by atoms with Crippen molar-refractivity contribution < 1.29 is 14.3 Å². The van der Waals surface area contributed by atoms with Crippen LogP contribution in [0.2, 0.25) is 0 Å². The van der Waals surface area contributed by atoms with Gasteiger partial charge in [-0.25, -0.2) is 0 Å². The van der Waals surface area contributed by atoms with E-state index in [1.165, 1.54) is 6.92 Å². The molecule has 2 aromatic rings. The summed E-state index contributed by atoms with van der Waals surface area (Å²) in [6.45, 7) is 4.38. The van der Waals surface area contributed by atoms with E-state index < -0.39 is 0 Å². The van der Waals surface area contributed by atoms with Gasteiger partial charge in [0.25, 0.3) is 0 Å². The minimum absolute atomic E-state index is 0.119. The van der Waals surface area contributed by atoms with Crippen molar-refractivity contribution >= 4 is 28.9 Å². The van der Waals surface area contributed by atoms with Crippen molar-refractivity contribution in [3.8, 4) is 5.75 Å². The highest BCUT2D eigenvalue weighted by Gasteiger charge is 2.04. The lowest BCUT2D eigenvalue weighted by Gasteiger charge is -2.10. The Morgan fingerprint density at radius 3 is 2.38 bits per heavy atom. The Labute approximate surface area is 153 Å². The first kappa shape index (κ1) is 19.3. The van der Waals surface area contributed by atoms with Gasteiger partial charge in [-0.3, -0.25) is 9.59 Å². The van der Waals surface area contributed by atoms with Gasteiger partial charge in [0, 0.05) is 30.1 Å². The van der Waals surface area contributed by atoms with E-state index in [2.05, 4.69) is 22.9 Å². The van der Waals surface area contributed by atoms with Crippen molar-refractivity contribution in [1.82, 2.24) is 0 Å². The Morgan fingerprint density at radius 1 is 0.962 bits per heavy atom. The third-order valence-corrected chi connectivity index (χ3v) is 3.54. The summed E-state index contributed by atoms with van der Waals surface area (Å²) in [7, 11) is 0. The highest BCUT2D eigenvalue weighted by Crippen LogP contribution is 2.18. The second kappa shape index (κ2) is 10.1. The average Bonchev–Trinajstić information content (AvgIpc) is 2.61. The van der Waals surface area contributed by atoms with Crippen LogP contribution < -0.4 is 20.7 Å². The van der Waals surface area contributed by atoms with E-state index >= 15 is 0 Å². The standard InChI is InChI=1S/C20H25N3O3/c1-3-4-12-26-19-7-5-6-18(13-19)23-20(25)14-21-16-8-10-17(11-9-16)22-15(2)24/h5-11,13,21H,3-4,12,14H2,1-2H3,(H,22,24)(H,23,25). The molecule has 0 saturated heterocycles. The van der Waals surface area contributed by atoms with Gasteiger partial charge >= 0.3 is 0 Å². The van der Waals surface area contributed by atoms with E-state index in [1.54, 1.807) is 24.3 Å². The Balaban J connectivity index is 1.81. The van der Waals surface area contributed by atoms with Crippen molar-refractivity contribution in [3.63, 3.8) is 0 Å². The minimum Gasteiger partial charge on any atom is -0.494 e. The summed E-state index contributed by atoms with van der Waals surface area (Å²) >= 11 is 0. The predicted molar refractivity (Wildman–Crippen MR) is 105 cm³/mol. The van der Waals surface area contributed by atoms with E-state index in [0.29, 0.717) is 18.0 Å². The van der Waals surface area contributed by atoms with E-state index in [0.717, 1.165) is 24.3 Å². The number of anilines is 3. The third kappa shape index (κ3) is 6.84. The Morgan fingerprint density at radius 2 is 1.69 bits per heavy atom. The fourth-order valence-corrected chi connectivity index (χ4v) is 2.26. The van der Waals surface area contributed by atoms with Crippen LogP contribution in [0.15, 0.2) is 48.5 Å². The van der Waals surface area contributed by atoms with E-state index in [-0.39, 0.29) is 18.4 Å². The molecule has 2 amide bonds. The Kier molecular flexibility index (Phi) is 7.49. The lowest BCUT2D eigenvalue weighted by Crippen LogP contribution is -2.21. The first-order valence-electron chi connectivity index (χ1n) is 8.71. The zero-order valence-corrected chi connectivity index (χ0v) is 15.2. The number of ether oxygens (including phenoxy) is 1. The van der Waals surface area contributed by atoms with Crippen molar-refractivity contribution in [2.45, 2.75) is 26.7 Å².